The predicted octanol–water partition coefficient (Wildman–Crippen LogP) is 3.94. The Labute approximate surface area is 193 Å². The summed E-state index contributed by atoms with van der Waals surface area (Å²) >= 11 is 0. The summed E-state index contributed by atoms with van der Waals surface area (Å²) in [5.74, 6) is 1.61. The molecule has 5 rings (SSSR count). The third-order valence-electron chi connectivity index (χ3n) is 6.07. The lowest BCUT2D eigenvalue weighted by atomic mass is 10.2. The summed E-state index contributed by atoms with van der Waals surface area (Å²) in [5, 5.41) is 4.60. The summed E-state index contributed by atoms with van der Waals surface area (Å²) in [6.45, 7) is 4.93. The predicted molar refractivity (Wildman–Crippen MR) is 129 cm³/mol. The van der Waals surface area contributed by atoms with E-state index < -0.39 is 0 Å². The maximum atomic E-state index is 13.6. The second-order valence-corrected chi connectivity index (χ2v) is 8.20. The van der Waals surface area contributed by atoms with Gasteiger partial charge in [-0.2, -0.15) is 5.10 Å². The molecule has 0 aliphatic carbocycles. The minimum absolute atomic E-state index is 0.00647. The SMILES string of the molecule is COc1ccc(N2CCN(C(=O)c3cnn(-c4cccc(C)c4)c3-n3cccc3)CC2)cc1. The largest absolute Gasteiger partial charge is 0.497 e. The number of nitrogens with zero attached hydrogens (tertiary/aromatic N) is 5. The normalized spacial score (nSPS) is 13.9. The van der Waals surface area contributed by atoms with Gasteiger partial charge in [0.25, 0.3) is 5.91 Å². The van der Waals surface area contributed by atoms with E-state index in [-0.39, 0.29) is 5.91 Å². The molecule has 1 fully saturated rings. The molecule has 0 atom stereocenters. The number of ether oxygens (including phenoxy) is 1. The van der Waals surface area contributed by atoms with Crippen LogP contribution < -0.4 is 9.64 Å². The minimum Gasteiger partial charge on any atom is -0.497 e. The number of carbonyl (C=O) groups excluding carboxylic acids is 1. The first-order valence-corrected chi connectivity index (χ1v) is 11.1. The Hall–Kier alpha value is -4.00. The number of benzene rings is 2. The van der Waals surface area contributed by atoms with Gasteiger partial charge in [0, 0.05) is 44.3 Å². The lowest BCUT2D eigenvalue weighted by Crippen LogP contribution is -2.48. The third-order valence-corrected chi connectivity index (χ3v) is 6.07. The van der Waals surface area contributed by atoms with Gasteiger partial charge in [-0.25, -0.2) is 4.68 Å². The summed E-state index contributed by atoms with van der Waals surface area (Å²) in [7, 11) is 1.67. The zero-order chi connectivity index (χ0) is 22.8. The number of carbonyl (C=O) groups is 1. The van der Waals surface area contributed by atoms with Crippen molar-refractivity contribution in [2.75, 3.05) is 38.2 Å². The fourth-order valence-electron chi connectivity index (χ4n) is 4.30. The van der Waals surface area contributed by atoms with Crippen molar-refractivity contribution in [1.29, 1.82) is 0 Å². The highest BCUT2D eigenvalue weighted by Crippen LogP contribution is 2.24. The van der Waals surface area contributed by atoms with Crippen LogP contribution in [0.15, 0.2) is 79.3 Å². The maximum Gasteiger partial charge on any atom is 0.259 e. The molecular formula is C26H27N5O2. The molecule has 33 heavy (non-hydrogen) atoms. The zero-order valence-corrected chi connectivity index (χ0v) is 18.9. The van der Waals surface area contributed by atoms with Crippen LogP contribution in [0, 0.1) is 6.92 Å². The molecule has 0 radical (unpaired) electrons. The van der Waals surface area contributed by atoms with Gasteiger partial charge < -0.3 is 19.1 Å². The number of anilines is 1. The number of amides is 1. The van der Waals surface area contributed by atoms with Crippen LogP contribution in [0.1, 0.15) is 15.9 Å². The monoisotopic (exact) mass is 441 g/mol. The van der Waals surface area contributed by atoms with Gasteiger partial charge in [-0.15, -0.1) is 0 Å². The van der Waals surface area contributed by atoms with E-state index in [0.717, 1.165) is 41.6 Å². The molecule has 0 saturated carbocycles. The molecule has 1 aliphatic heterocycles. The smallest absolute Gasteiger partial charge is 0.259 e. The molecule has 1 amide bonds. The minimum atomic E-state index is 0.00647. The van der Waals surface area contributed by atoms with Crippen LogP contribution in [0.3, 0.4) is 0 Å². The van der Waals surface area contributed by atoms with Crippen LogP contribution >= 0.6 is 0 Å². The molecule has 0 spiro atoms. The highest BCUT2D eigenvalue weighted by molar-refractivity contribution is 5.97. The van der Waals surface area contributed by atoms with Gasteiger partial charge in [0.2, 0.25) is 0 Å². The molecule has 0 unspecified atom stereocenters. The van der Waals surface area contributed by atoms with E-state index in [1.807, 2.05) is 62.9 Å². The molecule has 2 aromatic carbocycles. The topological polar surface area (TPSA) is 55.5 Å². The molecule has 1 aliphatic rings. The van der Waals surface area contributed by atoms with Crippen molar-refractivity contribution in [3.05, 3.63) is 90.4 Å². The number of aryl methyl sites for hydroxylation is 1. The number of aromatic nitrogens is 3. The Bertz CT molecular complexity index is 1240. The Morgan fingerprint density at radius 3 is 2.30 bits per heavy atom. The van der Waals surface area contributed by atoms with Crippen molar-refractivity contribution in [3.63, 3.8) is 0 Å². The van der Waals surface area contributed by atoms with E-state index in [0.29, 0.717) is 18.7 Å². The van der Waals surface area contributed by atoms with Gasteiger partial charge in [-0.3, -0.25) is 4.79 Å². The molecule has 0 bridgehead atoms. The highest BCUT2D eigenvalue weighted by atomic mass is 16.5. The summed E-state index contributed by atoms with van der Waals surface area (Å²) in [5.41, 5.74) is 3.82. The first-order valence-electron chi connectivity index (χ1n) is 11.1. The summed E-state index contributed by atoms with van der Waals surface area (Å²) in [6, 6.07) is 20.1. The first kappa shape index (κ1) is 20.9. The van der Waals surface area contributed by atoms with Crippen LogP contribution in [-0.2, 0) is 0 Å². The van der Waals surface area contributed by atoms with E-state index in [1.54, 1.807) is 13.3 Å². The van der Waals surface area contributed by atoms with Gasteiger partial charge in [-0.1, -0.05) is 12.1 Å². The Morgan fingerprint density at radius 2 is 1.64 bits per heavy atom. The molecule has 7 heteroatoms. The van der Waals surface area contributed by atoms with Crippen molar-refractivity contribution in [2.24, 2.45) is 0 Å². The number of piperazine rings is 1. The van der Waals surface area contributed by atoms with E-state index in [2.05, 4.69) is 41.2 Å². The Morgan fingerprint density at radius 1 is 0.909 bits per heavy atom. The standard InChI is InChI=1S/C26H27N5O2/c1-20-6-5-7-22(18-20)31-25(29-12-3-4-13-29)24(19-27-31)26(32)30-16-14-28(15-17-30)21-8-10-23(33-2)11-9-21/h3-13,18-19H,14-17H2,1-2H3. The van der Waals surface area contributed by atoms with Crippen LogP contribution in [0.2, 0.25) is 0 Å². The fraction of sp³-hybridized carbons (Fsp3) is 0.231. The lowest BCUT2D eigenvalue weighted by molar-refractivity contribution is 0.0747. The first-order chi connectivity index (χ1) is 16.1. The number of hydrogen-bond donors (Lipinski definition) is 0. The Kier molecular flexibility index (Phi) is 5.60. The summed E-state index contributed by atoms with van der Waals surface area (Å²) in [6.07, 6.45) is 5.58. The van der Waals surface area contributed by atoms with Crippen molar-refractivity contribution in [1.82, 2.24) is 19.2 Å². The van der Waals surface area contributed by atoms with Crippen molar-refractivity contribution in [2.45, 2.75) is 6.92 Å². The van der Waals surface area contributed by atoms with E-state index in [1.165, 1.54) is 0 Å². The van der Waals surface area contributed by atoms with Gasteiger partial charge in [0.1, 0.15) is 11.3 Å². The Balaban J connectivity index is 1.39. The highest BCUT2D eigenvalue weighted by Gasteiger charge is 2.27. The molecule has 2 aromatic heterocycles. The average Bonchev–Trinajstić information content (AvgIpc) is 3.54. The van der Waals surface area contributed by atoms with Crippen LogP contribution in [0.5, 0.6) is 5.75 Å². The second-order valence-electron chi connectivity index (χ2n) is 8.20. The number of hydrogen-bond acceptors (Lipinski definition) is 4. The van der Waals surface area contributed by atoms with Crippen molar-refractivity contribution >= 4 is 11.6 Å². The fourth-order valence-corrected chi connectivity index (χ4v) is 4.30. The molecule has 1 saturated heterocycles. The number of rotatable bonds is 5. The van der Waals surface area contributed by atoms with Crippen LogP contribution in [-0.4, -0.2) is 58.4 Å². The molecule has 168 valence electrons. The summed E-state index contributed by atoms with van der Waals surface area (Å²) < 4.78 is 9.05. The average molecular weight is 442 g/mol. The molecule has 0 N–H and O–H groups in total. The van der Waals surface area contributed by atoms with Crippen molar-refractivity contribution < 1.29 is 9.53 Å². The lowest BCUT2D eigenvalue weighted by Gasteiger charge is -2.36. The summed E-state index contributed by atoms with van der Waals surface area (Å²) in [4.78, 5) is 17.8. The molecule has 7 nitrogen and oxygen atoms in total. The molecular weight excluding hydrogens is 414 g/mol. The van der Waals surface area contributed by atoms with Gasteiger partial charge in [0.05, 0.1) is 19.0 Å². The van der Waals surface area contributed by atoms with Gasteiger partial charge in [0.15, 0.2) is 5.82 Å². The number of methoxy groups -OCH3 is 1. The van der Waals surface area contributed by atoms with Crippen molar-refractivity contribution in [3.8, 4) is 17.3 Å². The van der Waals surface area contributed by atoms with E-state index in [9.17, 15) is 4.79 Å². The molecule has 3 heterocycles. The second kappa shape index (κ2) is 8.86. The maximum absolute atomic E-state index is 13.6. The van der Waals surface area contributed by atoms with E-state index in [4.69, 9.17) is 4.74 Å². The quantitative estimate of drug-likeness (QED) is 0.471. The third kappa shape index (κ3) is 4.09. The van der Waals surface area contributed by atoms with Crippen LogP contribution in [0.25, 0.3) is 11.5 Å². The van der Waals surface area contributed by atoms with Crippen LogP contribution in [0.4, 0.5) is 5.69 Å². The zero-order valence-electron chi connectivity index (χ0n) is 18.9. The van der Waals surface area contributed by atoms with E-state index >= 15 is 0 Å². The van der Waals surface area contributed by atoms with Gasteiger partial charge >= 0.3 is 0 Å². The van der Waals surface area contributed by atoms with Gasteiger partial charge in [-0.05, 0) is 61.0 Å². The molecule has 4 aromatic rings.